The number of rotatable bonds is 12. The molecule has 3 aromatic carbocycles. The summed E-state index contributed by atoms with van der Waals surface area (Å²) in [6.07, 6.45) is 9.81. The first-order valence-corrected chi connectivity index (χ1v) is 14.7. The Morgan fingerprint density at radius 1 is 0.650 bits per heavy atom. The number of Topliss-reactive ketones (excluding diaryl/α,β-unsaturated/α-hetero) is 2. The van der Waals surface area contributed by atoms with Crippen LogP contribution in [0.4, 0.5) is 5.69 Å². The molecule has 0 saturated heterocycles. The van der Waals surface area contributed by atoms with Gasteiger partial charge in [0.15, 0.2) is 11.6 Å². The maximum absolute atomic E-state index is 13.0. The van der Waals surface area contributed by atoms with Crippen molar-refractivity contribution in [1.82, 2.24) is 0 Å². The Morgan fingerprint density at radius 2 is 1.25 bits per heavy atom. The molecule has 1 aliphatic heterocycles. The van der Waals surface area contributed by atoms with Gasteiger partial charge in [-0.15, -0.1) is 0 Å². The monoisotopic (exact) mass is 535 g/mol. The van der Waals surface area contributed by atoms with E-state index in [4.69, 9.17) is 4.74 Å². The molecule has 0 radical (unpaired) electrons. The number of nitrogens with zero attached hydrogens (tertiary/aromatic N) is 1. The maximum atomic E-state index is 13.0. The largest absolute Gasteiger partial charge is 0.422 e. The number of carbonyl (C=O) groups excluding carboxylic acids is 3. The summed E-state index contributed by atoms with van der Waals surface area (Å²) in [7, 11) is 0. The molecule has 5 rings (SSSR count). The molecule has 5 heteroatoms. The summed E-state index contributed by atoms with van der Waals surface area (Å²) in [5.74, 6) is -0.635. The molecule has 1 heterocycles. The van der Waals surface area contributed by atoms with Gasteiger partial charge in [0.1, 0.15) is 5.75 Å². The van der Waals surface area contributed by atoms with Crippen molar-refractivity contribution in [1.29, 1.82) is 0 Å². The van der Waals surface area contributed by atoms with Gasteiger partial charge in [-0.05, 0) is 47.9 Å². The second-order valence-corrected chi connectivity index (χ2v) is 10.7. The third kappa shape index (κ3) is 5.51. The number of anilines is 1. The quantitative estimate of drug-likeness (QED) is 0.162. The number of carbonyl (C=O) groups is 3. The molecule has 206 valence electrons. The van der Waals surface area contributed by atoms with Crippen LogP contribution in [0.15, 0.2) is 66.7 Å². The number of ether oxygens (including phenoxy) is 1. The molecule has 0 amide bonds. The zero-order chi connectivity index (χ0) is 28.1. The second-order valence-electron chi connectivity index (χ2n) is 10.7. The lowest BCUT2D eigenvalue weighted by atomic mass is 10.0. The second kappa shape index (κ2) is 12.5. The van der Waals surface area contributed by atoms with Crippen LogP contribution in [-0.4, -0.2) is 30.6 Å². The fraction of sp³-hybridized carbons (Fsp3) is 0.343. The van der Waals surface area contributed by atoms with E-state index >= 15 is 0 Å². The highest BCUT2D eigenvalue weighted by Gasteiger charge is 2.33. The van der Waals surface area contributed by atoms with E-state index in [0.717, 1.165) is 18.7 Å². The molecule has 0 fully saturated rings. The Kier molecular flexibility index (Phi) is 8.59. The van der Waals surface area contributed by atoms with Crippen LogP contribution >= 0.6 is 0 Å². The van der Waals surface area contributed by atoms with Gasteiger partial charge in [-0.2, -0.15) is 0 Å². The first-order valence-electron chi connectivity index (χ1n) is 14.7. The molecule has 0 bridgehead atoms. The number of hydrogen-bond donors (Lipinski definition) is 0. The van der Waals surface area contributed by atoms with E-state index in [1.165, 1.54) is 57.1 Å². The summed E-state index contributed by atoms with van der Waals surface area (Å²) < 4.78 is 5.63. The van der Waals surface area contributed by atoms with Crippen molar-refractivity contribution in [3.63, 3.8) is 0 Å². The molecular formula is C35H37NO4. The number of fused-ring (bicyclic) bond motifs is 2. The summed E-state index contributed by atoms with van der Waals surface area (Å²) in [4.78, 5) is 41.4. The molecule has 0 unspecified atom stereocenters. The highest BCUT2D eigenvalue weighted by atomic mass is 16.5. The van der Waals surface area contributed by atoms with Crippen molar-refractivity contribution in [2.24, 2.45) is 0 Å². The number of benzene rings is 3. The van der Waals surface area contributed by atoms with Crippen molar-refractivity contribution in [3.05, 3.63) is 93.9 Å². The van der Waals surface area contributed by atoms with Gasteiger partial charge in [-0.1, -0.05) is 94.8 Å². The summed E-state index contributed by atoms with van der Waals surface area (Å²) in [5, 5.41) is 1.14. The van der Waals surface area contributed by atoms with E-state index in [9.17, 15) is 14.4 Å². The molecule has 0 atom stereocenters. The molecule has 40 heavy (non-hydrogen) atoms. The summed E-state index contributed by atoms with van der Waals surface area (Å²) >= 11 is 0. The molecule has 5 nitrogen and oxygen atoms in total. The molecule has 1 aliphatic carbocycles. The average molecular weight is 536 g/mol. The Morgan fingerprint density at radius 3 is 1.82 bits per heavy atom. The standard InChI is InChI=1S/C35H37NO4/c1-3-5-7-11-21-36(22-12-8-6-4-2)26-18-15-24(16-19-26)31-29-20-17-25(23-30(29)40-35(31)39)32-33(37)27-13-9-10-14-28(27)34(32)38/h9-10,13-20,23H,3-8,11-12,21-22H2,1-2H3. The van der Waals surface area contributed by atoms with Crippen LogP contribution in [0.25, 0.3) is 11.1 Å². The van der Waals surface area contributed by atoms with Gasteiger partial charge in [0.05, 0.1) is 11.1 Å². The fourth-order valence-electron chi connectivity index (χ4n) is 5.68. The molecule has 3 aromatic rings. The lowest BCUT2D eigenvalue weighted by Crippen LogP contribution is -2.25. The zero-order valence-electron chi connectivity index (χ0n) is 23.5. The zero-order valence-corrected chi connectivity index (χ0v) is 23.5. The van der Waals surface area contributed by atoms with Crippen LogP contribution in [0, 0.1) is 0 Å². The van der Waals surface area contributed by atoms with Gasteiger partial charge in [-0.3, -0.25) is 9.59 Å². The van der Waals surface area contributed by atoms with E-state index < -0.39 is 5.97 Å². The average Bonchev–Trinajstić information content (AvgIpc) is 3.44. The van der Waals surface area contributed by atoms with Gasteiger partial charge in [-0.25, -0.2) is 4.79 Å². The first kappa shape index (κ1) is 27.6. The van der Waals surface area contributed by atoms with E-state index in [2.05, 4.69) is 30.9 Å². The lowest BCUT2D eigenvalue weighted by Gasteiger charge is -2.25. The van der Waals surface area contributed by atoms with E-state index in [0.29, 0.717) is 32.9 Å². The Labute approximate surface area is 236 Å². The smallest absolute Gasteiger partial charge is 0.344 e. The molecule has 0 N–H and O–H groups in total. The van der Waals surface area contributed by atoms with Crippen LogP contribution < -0.4 is 20.1 Å². The van der Waals surface area contributed by atoms with Crippen molar-refractivity contribution < 1.29 is 19.1 Å². The fourth-order valence-corrected chi connectivity index (χ4v) is 5.68. The number of ketones is 2. The predicted molar refractivity (Wildman–Crippen MR) is 159 cm³/mol. The summed E-state index contributed by atoms with van der Waals surface area (Å²) in [6.45, 7) is 6.54. The molecule has 0 saturated carbocycles. The third-order valence-electron chi connectivity index (χ3n) is 7.90. The van der Waals surface area contributed by atoms with E-state index in [1.54, 1.807) is 42.5 Å². The number of esters is 1. The highest BCUT2D eigenvalue weighted by Crippen LogP contribution is 2.28. The van der Waals surface area contributed by atoms with Crippen molar-refractivity contribution >= 4 is 34.4 Å². The first-order chi connectivity index (χ1) is 19.5. The minimum atomic E-state index is -0.423. The van der Waals surface area contributed by atoms with Crippen molar-refractivity contribution in [2.75, 3.05) is 18.0 Å². The lowest BCUT2D eigenvalue weighted by molar-refractivity contribution is -0.127. The van der Waals surface area contributed by atoms with Crippen LogP contribution in [-0.2, 0) is 4.79 Å². The van der Waals surface area contributed by atoms with Crippen LogP contribution in [0.2, 0.25) is 0 Å². The highest BCUT2D eigenvalue weighted by molar-refractivity contribution is 6.55. The van der Waals surface area contributed by atoms with Gasteiger partial charge in [0.2, 0.25) is 0 Å². The van der Waals surface area contributed by atoms with Crippen molar-refractivity contribution in [3.8, 4) is 5.75 Å². The Balaban J connectivity index is 1.43. The van der Waals surface area contributed by atoms with E-state index in [1.807, 2.05) is 12.1 Å². The van der Waals surface area contributed by atoms with Crippen LogP contribution in [0.1, 0.15) is 91.5 Å². The Hall–Kier alpha value is -3.99. The van der Waals surface area contributed by atoms with Gasteiger partial charge >= 0.3 is 5.97 Å². The van der Waals surface area contributed by atoms with Gasteiger partial charge in [0, 0.05) is 35.1 Å². The normalized spacial score (nSPS) is 14.0. The van der Waals surface area contributed by atoms with E-state index in [-0.39, 0.29) is 17.1 Å². The third-order valence-corrected chi connectivity index (χ3v) is 7.90. The summed E-state index contributed by atoms with van der Waals surface area (Å²) in [6, 6.07) is 20.2. The maximum Gasteiger partial charge on any atom is 0.344 e. The van der Waals surface area contributed by atoms with Gasteiger partial charge < -0.3 is 9.64 Å². The van der Waals surface area contributed by atoms with Gasteiger partial charge in [0.25, 0.3) is 0 Å². The summed E-state index contributed by atoms with van der Waals surface area (Å²) in [5.41, 5.74) is 3.42. The topological polar surface area (TPSA) is 63.7 Å². The number of hydrogen-bond acceptors (Lipinski definition) is 5. The van der Waals surface area contributed by atoms with Crippen LogP contribution in [0.3, 0.4) is 0 Å². The minimum absolute atomic E-state index is 0.121. The number of unbranched alkanes of at least 4 members (excludes halogenated alkanes) is 6. The Bertz CT molecular complexity index is 1500. The van der Waals surface area contributed by atoms with Crippen LogP contribution in [0.5, 0.6) is 5.75 Å². The SMILES string of the molecule is CCCCCCN(CCCCCC)c1ccc(C2=c3ccc(=C4C(=O)c5ccccc5C4=O)cc3OC2=O)cc1. The molecule has 2 aliphatic rings. The molecule has 0 aromatic heterocycles. The minimum Gasteiger partial charge on any atom is -0.422 e. The van der Waals surface area contributed by atoms with Crippen molar-refractivity contribution in [2.45, 2.75) is 65.2 Å². The molecule has 0 spiro atoms. The molecular weight excluding hydrogens is 498 g/mol. The predicted octanol–water partition coefficient (Wildman–Crippen LogP) is 6.00.